The Bertz CT molecular complexity index is 3750. The molecule has 4 heteroatoms. The van der Waals surface area contributed by atoms with Crippen molar-refractivity contribution < 1.29 is 8.83 Å². The van der Waals surface area contributed by atoms with Crippen molar-refractivity contribution in [2.45, 2.75) is 81.1 Å². The lowest BCUT2D eigenvalue weighted by molar-refractivity contribution is 0.665. The largest absolute Gasteiger partial charge is 0.454 e. The molecule has 0 saturated heterocycles. The van der Waals surface area contributed by atoms with Gasteiger partial charge in [0.1, 0.15) is 11.2 Å². The Hall–Kier alpha value is -7.56. The Labute approximate surface area is 398 Å². The predicted octanol–water partition coefficient (Wildman–Crippen LogP) is 19.4. The summed E-state index contributed by atoms with van der Waals surface area (Å²) in [4.78, 5) is 4.99. The Morgan fingerprint density at radius 1 is 0.338 bits per heavy atom. The highest BCUT2D eigenvalue weighted by Crippen LogP contribution is 2.54. The fourth-order valence-corrected chi connectivity index (χ4v) is 11.4. The Morgan fingerprint density at radius 2 is 0.706 bits per heavy atom. The van der Waals surface area contributed by atoms with Crippen molar-refractivity contribution in [1.29, 1.82) is 0 Å². The summed E-state index contributed by atoms with van der Waals surface area (Å²) in [6.07, 6.45) is 0. The van der Waals surface area contributed by atoms with Gasteiger partial charge in [-0.05, 0) is 156 Å². The van der Waals surface area contributed by atoms with Gasteiger partial charge >= 0.3 is 0 Å². The molecule has 4 nitrogen and oxygen atoms in total. The van der Waals surface area contributed by atoms with Gasteiger partial charge in [-0.3, -0.25) is 0 Å². The van der Waals surface area contributed by atoms with Gasteiger partial charge in [0, 0.05) is 43.7 Å². The summed E-state index contributed by atoms with van der Waals surface area (Å²) in [5, 5.41) is 12.1. The number of hydrogen-bond acceptors (Lipinski definition) is 4. The van der Waals surface area contributed by atoms with Crippen LogP contribution in [0.15, 0.2) is 154 Å². The first kappa shape index (κ1) is 41.8. The van der Waals surface area contributed by atoms with E-state index in [1.807, 2.05) is 0 Å². The number of rotatable bonds is 8. The summed E-state index contributed by atoms with van der Waals surface area (Å²) in [5.74, 6) is 0.487. The second-order valence-electron chi connectivity index (χ2n) is 20.0. The lowest BCUT2D eigenvalue weighted by Crippen LogP contribution is -2.14. The highest BCUT2D eigenvalue weighted by Gasteiger charge is 2.30. The van der Waals surface area contributed by atoms with Gasteiger partial charge in [0.25, 0.3) is 0 Å². The predicted molar refractivity (Wildman–Crippen MR) is 291 cm³/mol. The van der Waals surface area contributed by atoms with E-state index in [0.717, 1.165) is 100 Å². The molecule has 0 spiro atoms. The first-order valence-corrected chi connectivity index (χ1v) is 24.2. The molecule has 0 saturated carbocycles. The minimum atomic E-state index is 0.244. The van der Waals surface area contributed by atoms with Gasteiger partial charge < -0.3 is 18.6 Å². The molecule has 12 aromatic rings. The van der Waals surface area contributed by atoms with Crippen LogP contribution in [0, 0.1) is 41.5 Å². The third kappa shape index (κ3) is 6.19. The quantitative estimate of drug-likeness (QED) is 0.142. The molecule has 2 aromatic heterocycles. The molecule has 0 amide bonds. The van der Waals surface area contributed by atoms with E-state index < -0.39 is 0 Å². The van der Waals surface area contributed by atoms with Gasteiger partial charge in [0.2, 0.25) is 0 Å². The zero-order chi connectivity index (χ0) is 46.9. The SMILES string of the molecule is Cc1cccc(N(c2cc(C(C)C)c3ccc4c(N(c5cccc(C)c5)c5c(C)ccc6c5oc5c(C)cccc56)cc(C(C)C)c5ccc2c3c54)c2c(C)ccc3c2oc2c(C)cccc23)c1. The maximum atomic E-state index is 7.04. The topological polar surface area (TPSA) is 32.8 Å². The Balaban J connectivity index is 1.23. The summed E-state index contributed by atoms with van der Waals surface area (Å²) < 4.78 is 14.1. The van der Waals surface area contributed by atoms with Crippen LogP contribution in [0.25, 0.3) is 76.2 Å². The van der Waals surface area contributed by atoms with E-state index in [9.17, 15) is 0 Å². The third-order valence-corrected chi connectivity index (χ3v) is 14.7. The van der Waals surface area contributed by atoms with Gasteiger partial charge in [-0.1, -0.05) is 137 Å². The molecule has 0 aliphatic carbocycles. The molecular formula is C64H56N2O2. The molecule has 2 heterocycles. The van der Waals surface area contributed by atoms with Crippen molar-refractivity contribution in [1.82, 2.24) is 0 Å². The third-order valence-electron chi connectivity index (χ3n) is 14.7. The molecule has 0 atom stereocenters. The van der Waals surface area contributed by atoms with Crippen molar-refractivity contribution in [2.24, 2.45) is 0 Å². The highest BCUT2D eigenvalue weighted by molar-refractivity contribution is 6.30. The van der Waals surface area contributed by atoms with Gasteiger partial charge in [0.05, 0.1) is 22.7 Å². The molecule has 0 aliphatic heterocycles. The van der Waals surface area contributed by atoms with Crippen LogP contribution in [0.3, 0.4) is 0 Å². The number of para-hydroxylation sites is 2. The minimum absolute atomic E-state index is 0.244. The Kier molecular flexibility index (Phi) is 9.54. The van der Waals surface area contributed by atoms with Crippen LogP contribution in [0.4, 0.5) is 34.1 Å². The zero-order valence-electron chi connectivity index (χ0n) is 40.7. The van der Waals surface area contributed by atoms with Crippen molar-refractivity contribution >= 4 is 110 Å². The summed E-state index contributed by atoms with van der Waals surface area (Å²) in [6, 6.07) is 54.4. The summed E-state index contributed by atoms with van der Waals surface area (Å²) in [5.41, 5.74) is 19.9. The molecule has 334 valence electrons. The van der Waals surface area contributed by atoms with E-state index in [2.05, 4.69) is 225 Å². The summed E-state index contributed by atoms with van der Waals surface area (Å²) in [6.45, 7) is 22.5. The molecule has 0 aliphatic rings. The van der Waals surface area contributed by atoms with Crippen molar-refractivity contribution in [3.8, 4) is 0 Å². The number of aryl methyl sites for hydroxylation is 6. The second kappa shape index (κ2) is 15.5. The number of hydrogen-bond donors (Lipinski definition) is 0. The van der Waals surface area contributed by atoms with Gasteiger partial charge in [-0.2, -0.15) is 0 Å². The van der Waals surface area contributed by atoms with Crippen LogP contribution in [0.2, 0.25) is 0 Å². The lowest BCUT2D eigenvalue weighted by atomic mass is 9.84. The number of fused-ring (bicyclic) bond motifs is 6. The molecule has 0 unspecified atom stereocenters. The van der Waals surface area contributed by atoms with Crippen LogP contribution >= 0.6 is 0 Å². The van der Waals surface area contributed by atoms with Crippen LogP contribution in [-0.2, 0) is 0 Å². The van der Waals surface area contributed by atoms with Gasteiger partial charge in [-0.15, -0.1) is 0 Å². The molecule has 0 radical (unpaired) electrons. The first-order valence-electron chi connectivity index (χ1n) is 24.2. The molecule has 10 aromatic carbocycles. The number of nitrogens with zero attached hydrogens (tertiary/aromatic N) is 2. The van der Waals surface area contributed by atoms with E-state index in [-0.39, 0.29) is 11.8 Å². The molecule has 0 bridgehead atoms. The molecular weight excluding hydrogens is 829 g/mol. The van der Waals surface area contributed by atoms with E-state index in [1.54, 1.807) is 0 Å². The van der Waals surface area contributed by atoms with E-state index in [0.29, 0.717) is 0 Å². The van der Waals surface area contributed by atoms with Crippen LogP contribution in [0.5, 0.6) is 0 Å². The average Bonchev–Trinajstić information content (AvgIpc) is 3.90. The van der Waals surface area contributed by atoms with Crippen LogP contribution in [0.1, 0.15) is 84.0 Å². The fraction of sp³-hybridized carbons (Fsp3) is 0.188. The van der Waals surface area contributed by atoms with Crippen LogP contribution in [-0.4, -0.2) is 0 Å². The molecule has 0 N–H and O–H groups in total. The average molecular weight is 885 g/mol. The van der Waals surface area contributed by atoms with E-state index >= 15 is 0 Å². The van der Waals surface area contributed by atoms with Crippen molar-refractivity contribution in [3.05, 3.63) is 190 Å². The summed E-state index contributed by atoms with van der Waals surface area (Å²) in [7, 11) is 0. The van der Waals surface area contributed by atoms with E-state index in [1.165, 1.54) is 54.6 Å². The van der Waals surface area contributed by atoms with Gasteiger partial charge in [0.15, 0.2) is 11.2 Å². The van der Waals surface area contributed by atoms with Crippen molar-refractivity contribution in [2.75, 3.05) is 9.80 Å². The molecule has 12 rings (SSSR count). The monoisotopic (exact) mass is 884 g/mol. The number of furan rings is 2. The maximum absolute atomic E-state index is 7.04. The smallest absolute Gasteiger partial charge is 0.159 e. The maximum Gasteiger partial charge on any atom is 0.159 e. The zero-order valence-corrected chi connectivity index (χ0v) is 40.7. The molecule has 0 fully saturated rings. The highest BCUT2D eigenvalue weighted by atomic mass is 16.3. The lowest BCUT2D eigenvalue weighted by Gasteiger charge is -2.32. The minimum Gasteiger partial charge on any atom is -0.454 e. The van der Waals surface area contributed by atoms with Crippen molar-refractivity contribution in [3.63, 3.8) is 0 Å². The summed E-state index contributed by atoms with van der Waals surface area (Å²) >= 11 is 0. The Morgan fingerprint density at radius 3 is 1.10 bits per heavy atom. The van der Waals surface area contributed by atoms with Gasteiger partial charge in [-0.25, -0.2) is 0 Å². The fourth-order valence-electron chi connectivity index (χ4n) is 11.4. The number of anilines is 6. The number of benzene rings is 10. The molecule has 68 heavy (non-hydrogen) atoms. The first-order chi connectivity index (χ1) is 32.9. The van der Waals surface area contributed by atoms with E-state index in [4.69, 9.17) is 8.83 Å². The normalized spacial score (nSPS) is 12.2. The second-order valence-corrected chi connectivity index (χ2v) is 20.0. The standard InChI is InChI=1S/C64H56N2O2/c1-35(2)53-33-55(65(43-19-11-15-37(5)31-43)59-39(7)23-25-49-47-21-13-17-41(9)61(47)67-63(49)59)51-30-28-46-54(36(3)4)34-56(52-29-27-45(53)57(51)58(46)52)66(44-20-12-16-38(6)32-44)60-40(8)24-26-50-48-22-14-18-42(10)62(48)68-64(50)60/h11-36H,1-10H3. The van der Waals surface area contributed by atoms with Crippen LogP contribution < -0.4 is 9.80 Å².